The molecule has 2 aromatic carbocycles. The molecule has 1 aromatic heterocycles. The molecule has 0 unspecified atom stereocenters. The fraction of sp³-hybridized carbons (Fsp3) is 0.158. The Morgan fingerprint density at radius 2 is 1.92 bits per heavy atom. The van der Waals surface area contributed by atoms with Gasteiger partial charge in [-0.1, -0.05) is 36.4 Å². The largest absolute Gasteiger partial charge is 0.478 e. The Bertz CT molecular complexity index is 887. The summed E-state index contributed by atoms with van der Waals surface area (Å²) in [4.78, 5) is 25.8. The van der Waals surface area contributed by atoms with E-state index < -0.39 is 12.1 Å². The van der Waals surface area contributed by atoms with E-state index in [0.29, 0.717) is 13.0 Å². The molecule has 0 aliphatic rings. The number of nitrogens with one attached hydrogen (secondary N) is 2. The highest BCUT2D eigenvalue weighted by Crippen LogP contribution is 2.20. The molecule has 0 fully saturated rings. The van der Waals surface area contributed by atoms with E-state index in [4.69, 9.17) is 9.84 Å². The van der Waals surface area contributed by atoms with Crippen LogP contribution in [-0.4, -0.2) is 28.7 Å². The van der Waals surface area contributed by atoms with Crippen LogP contribution in [0.2, 0.25) is 0 Å². The number of hydrogen-bond donors (Lipinski definition) is 3. The summed E-state index contributed by atoms with van der Waals surface area (Å²) >= 11 is 0. The molecule has 0 spiro atoms. The Labute approximate surface area is 144 Å². The molecule has 128 valence electrons. The lowest BCUT2D eigenvalue weighted by molar-refractivity contribution is 0.0697. The normalized spacial score (nSPS) is 10.6. The van der Waals surface area contributed by atoms with E-state index in [9.17, 15) is 9.59 Å². The number of aromatic carboxylic acids is 1. The zero-order valence-electron chi connectivity index (χ0n) is 13.5. The molecule has 0 saturated carbocycles. The second-order valence-corrected chi connectivity index (χ2v) is 5.62. The van der Waals surface area contributed by atoms with Crippen molar-refractivity contribution in [1.82, 2.24) is 10.3 Å². The lowest BCUT2D eigenvalue weighted by Crippen LogP contribution is -2.26. The zero-order valence-corrected chi connectivity index (χ0v) is 13.5. The average molecular weight is 338 g/mol. The molecule has 0 aliphatic carbocycles. The first-order valence-corrected chi connectivity index (χ1v) is 7.91. The first-order valence-electron chi connectivity index (χ1n) is 7.91. The number of carboxylic acids is 1. The number of hydrogen-bond acceptors (Lipinski definition) is 3. The van der Waals surface area contributed by atoms with Crippen molar-refractivity contribution in [3.63, 3.8) is 0 Å². The van der Waals surface area contributed by atoms with E-state index >= 15 is 0 Å². The molecule has 3 rings (SSSR count). The third-order valence-corrected chi connectivity index (χ3v) is 3.89. The van der Waals surface area contributed by atoms with E-state index in [1.165, 1.54) is 0 Å². The van der Waals surface area contributed by atoms with Crippen molar-refractivity contribution in [3.05, 3.63) is 71.4 Å². The Hall–Kier alpha value is -3.28. The minimum absolute atomic E-state index is 0.234. The Morgan fingerprint density at radius 1 is 1.12 bits per heavy atom. The van der Waals surface area contributed by atoms with Gasteiger partial charge >= 0.3 is 12.1 Å². The average Bonchev–Trinajstić information content (AvgIpc) is 3.03. The van der Waals surface area contributed by atoms with Crippen LogP contribution in [0.25, 0.3) is 10.9 Å². The number of carbonyl (C=O) groups is 2. The highest BCUT2D eigenvalue weighted by molar-refractivity contribution is 5.94. The van der Waals surface area contributed by atoms with Gasteiger partial charge in [-0.3, -0.25) is 0 Å². The lowest BCUT2D eigenvalue weighted by atomic mass is 10.1. The molecular formula is C19H18N2O4. The van der Waals surface area contributed by atoms with Crippen molar-refractivity contribution < 1.29 is 19.4 Å². The van der Waals surface area contributed by atoms with E-state index in [2.05, 4.69) is 10.3 Å². The van der Waals surface area contributed by atoms with Crippen LogP contribution in [0.5, 0.6) is 0 Å². The highest BCUT2D eigenvalue weighted by Gasteiger charge is 2.09. The van der Waals surface area contributed by atoms with E-state index in [-0.39, 0.29) is 12.2 Å². The summed E-state index contributed by atoms with van der Waals surface area (Å²) in [5.41, 5.74) is 2.95. The van der Waals surface area contributed by atoms with Crippen molar-refractivity contribution >= 4 is 23.0 Å². The van der Waals surface area contributed by atoms with E-state index in [0.717, 1.165) is 22.0 Å². The van der Waals surface area contributed by atoms with Gasteiger partial charge in [-0.2, -0.15) is 0 Å². The predicted octanol–water partition coefficient (Wildman–Crippen LogP) is 3.34. The van der Waals surface area contributed by atoms with Crippen molar-refractivity contribution in [2.24, 2.45) is 0 Å². The van der Waals surface area contributed by atoms with Gasteiger partial charge in [-0.15, -0.1) is 0 Å². The monoisotopic (exact) mass is 338 g/mol. The summed E-state index contributed by atoms with van der Waals surface area (Å²) in [7, 11) is 0. The summed E-state index contributed by atoms with van der Waals surface area (Å²) in [6.07, 6.45) is 1.98. The van der Waals surface area contributed by atoms with Gasteiger partial charge in [0.25, 0.3) is 0 Å². The fourth-order valence-corrected chi connectivity index (χ4v) is 2.60. The molecule has 0 atom stereocenters. The van der Waals surface area contributed by atoms with Crippen LogP contribution in [0, 0.1) is 0 Å². The first kappa shape index (κ1) is 16.6. The minimum Gasteiger partial charge on any atom is -0.478 e. The predicted molar refractivity (Wildman–Crippen MR) is 93.6 cm³/mol. The zero-order chi connectivity index (χ0) is 17.6. The Kier molecular flexibility index (Phi) is 4.99. The van der Waals surface area contributed by atoms with Crippen LogP contribution in [0.4, 0.5) is 4.79 Å². The van der Waals surface area contributed by atoms with Crippen LogP contribution < -0.4 is 5.32 Å². The smallest absolute Gasteiger partial charge is 0.407 e. The van der Waals surface area contributed by atoms with Gasteiger partial charge in [0.2, 0.25) is 0 Å². The number of ether oxygens (including phenoxy) is 1. The summed E-state index contributed by atoms with van der Waals surface area (Å²) in [5.74, 6) is -0.958. The number of amides is 1. The summed E-state index contributed by atoms with van der Waals surface area (Å²) in [5, 5.41) is 12.7. The number of aromatic nitrogens is 1. The summed E-state index contributed by atoms with van der Waals surface area (Å²) in [6, 6.07) is 14.4. The molecule has 0 saturated heterocycles. The number of H-pyrrole nitrogens is 1. The summed E-state index contributed by atoms with van der Waals surface area (Å²) in [6.45, 7) is 0.666. The number of fused-ring (bicyclic) bond motifs is 1. The quantitative estimate of drug-likeness (QED) is 0.643. The number of rotatable bonds is 6. The molecule has 1 heterocycles. The maximum absolute atomic E-state index is 11.7. The van der Waals surface area contributed by atoms with Gasteiger partial charge in [-0.25, -0.2) is 9.59 Å². The van der Waals surface area contributed by atoms with Crippen molar-refractivity contribution in [1.29, 1.82) is 0 Å². The Balaban J connectivity index is 1.51. The van der Waals surface area contributed by atoms with Gasteiger partial charge in [0.1, 0.15) is 6.61 Å². The molecule has 3 N–H and O–H groups in total. The van der Waals surface area contributed by atoms with Gasteiger partial charge < -0.3 is 20.1 Å². The molecule has 0 aliphatic heterocycles. The van der Waals surface area contributed by atoms with Gasteiger partial charge in [-0.05, 0) is 29.7 Å². The van der Waals surface area contributed by atoms with E-state index in [1.54, 1.807) is 18.2 Å². The second-order valence-electron chi connectivity index (χ2n) is 5.62. The molecule has 3 aromatic rings. The van der Waals surface area contributed by atoms with Crippen molar-refractivity contribution in [2.45, 2.75) is 13.0 Å². The van der Waals surface area contributed by atoms with Crippen LogP contribution >= 0.6 is 0 Å². The lowest BCUT2D eigenvalue weighted by Gasteiger charge is -2.07. The molecule has 0 radical (unpaired) electrons. The van der Waals surface area contributed by atoms with Gasteiger partial charge in [0, 0.05) is 23.6 Å². The molecule has 25 heavy (non-hydrogen) atoms. The molecule has 6 heteroatoms. The number of alkyl carbamates (subject to hydrolysis) is 1. The SMILES string of the molecule is O=C(NCCc1c[nH]c2cc(C(=O)O)ccc12)OCc1ccccc1. The third-order valence-electron chi connectivity index (χ3n) is 3.89. The topological polar surface area (TPSA) is 91.4 Å². The van der Waals surface area contributed by atoms with Crippen molar-refractivity contribution in [3.8, 4) is 0 Å². The van der Waals surface area contributed by atoms with Crippen LogP contribution in [-0.2, 0) is 17.8 Å². The number of aromatic amines is 1. The maximum Gasteiger partial charge on any atom is 0.407 e. The maximum atomic E-state index is 11.7. The highest BCUT2D eigenvalue weighted by atomic mass is 16.5. The van der Waals surface area contributed by atoms with Crippen LogP contribution in [0.15, 0.2) is 54.7 Å². The van der Waals surface area contributed by atoms with Crippen LogP contribution in [0.1, 0.15) is 21.5 Å². The molecular weight excluding hydrogens is 320 g/mol. The van der Waals surface area contributed by atoms with Crippen LogP contribution in [0.3, 0.4) is 0 Å². The first-order chi connectivity index (χ1) is 12.1. The Morgan fingerprint density at radius 3 is 2.68 bits per heavy atom. The van der Waals surface area contributed by atoms with Crippen molar-refractivity contribution in [2.75, 3.05) is 6.54 Å². The molecule has 0 bridgehead atoms. The summed E-state index contributed by atoms with van der Waals surface area (Å²) < 4.78 is 5.15. The molecule has 6 nitrogen and oxygen atoms in total. The third kappa shape index (κ3) is 4.17. The van der Waals surface area contributed by atoms with E-state index in [1.807, 2.05) is 36.5 Å². The minimum atomic E-state index is -0.958. The second kappa shape index (κ2) is 7.53. The standard InChI is InChI=1S/C19H18N2O4/c22-18(23)14-6-7-16-15(11-21-17(16)10-14)8-9-20-19(24)25-12-13-4-2-1-3-5-13/h1-7,10-11,21H,8-9,12H2,(H,20,24)(H,22,23). The number of benzene rings is 2. The fourth-order valence-electron chi connectivity index (χ4n) is 2.60. The number of carbonyl (C=O) groups excluding carboxylic acids is 1. The van der Waals surface area contributed by atoms with Gasteiger partial charge in [0.05, 0.1) is 5.56 Å². The number of carboxylic acid groups (broad SMARTS) is 1. The molecule has 1 amide bonds. The van der Waals surface area contributed by atoms with Gasteiger partial charge in [0.15, 0.2) is 0 Å².